The lowest BCUT2D eigenvalue weighted by atomic mass is 9.94. The third kappa shape index (κ3) is 10.6. The maximum absolute atomic E-state index is 11.1. The van der Waals surface area contributed by atoms with Gasteiger partial charge in [0.05, 0.1) is 38.8 Å². The number of aromatic amines is 1. The number of alkyl halides is 6. The second kappa shape index (κ2) is 15.9. The van der Waals surface area contributed by atoms with Gasteiger partial charge in [-0.25, -0.2) is 24.5 Å². The molecule has 3 heterocycles. The van der Waals surface area contributed by atoms with Crippen LogP contribution in [0.15, 0.2) is 18.7 Å². The number of morpholine rings is 1. The number of anilines is 1. The summed E-state index contributed by atoms with van der Waals surface area (Å²) in [5, 5.41) is 29.3. The summed E-state index contributed by atoms with van der Waals surface area (Å²) in [6.45, 7) is 7.30. The zero-order valence-corrected chi connectivity index (χ0v) is 24.6. The number of aromatic nitrogens is 4. The van der Waals surface area contributed by atoms with Crippen molar-refractivity contribution in [2.45, 2.75) is 38.3 Å². The van der Waals surface area contributed by atoms with Crippen LogP contribution in [0.3, 0.4) is 0 Å². The van der Waals surface area contributed by atoms with Gasteiger partial charge in [0.1, 0.15) is 17.6 Å². The first-order valence-corrected chi connectivity index (χ1v) is 13.1. The Morgan fingerprint density at radius 3 is 2.18 bits per heavy atom. The van der Waals surface area contributed by atoms with Crippen molar-refractivity contribution in [2.24, 2.45) is 0 Å². The fourth-order valence-electron chi connectivity index (χ4n) is 3.99. The molecule has 5 N–H and O–H groups in total. The molecule has 1 aliphatic rings. The Balaban J connectivity index is 0.000000421. The molecule has 1 fully saturated rings. The fraction of sp³-hybridized carbons (Fsp3) is 0.480. The lowest BCUT2D eigenvalue weighted by Crippen LogP contribution is -2.39. The Morgan fingerprint density at radius 1 is 1.11 bits per heavy atom. The number of fused-ring (bicyclic) bond motifs is 1. The Hall–Kier alpha value is -3.94. The normalized spacial score (nSPS) is 15.2. The highest BCUT2D eigenvalue weighted by atomic mass is 35.5. The number of H-pyrrole nitrogens is 1. The van der Waals surface area contributed by atoms with Crippen molar-refractivity contribution in [1.29, 1.82) is 0 Å². The minimum atomic E-state index is -5.08. The van der Waals surface area contributed by atoms with Crippen molar-refractivity contribution in [3.05, 3.63) is 40.4 Å². The van der Waals surface area contributed by atoms with E-state index in [0.717, 1.165) is 24.2 Å². The van der Waals surface area contributed by atoms with Gasteiger partial charge in [0.2, 0.25) is 0 Å². The molecule has 3 aromatic rings. The summed E-state index contributed by atoms with van der Waals surface area (Å²) in [6.07, 6.45) is -7.85. The molecule has 2 aromatic heterocycles. The Bertz CT molecular complexity index is 1430. The van der Waals surface area contributed by atoms with Crippen LogP contribution in [0, 0.1) is 6.92 Å². The van der Waals surface area contributed by atoms with Crippen molar-refractivity contribution in [1.82, 2.24) is 24.8 Å². The van der Waals surface area contributed by atoms with E-state index < -0.39 is 30.4 Å². The number of rotatable bonds is 7. The second-order valence-electron chi connectivity index (χ2n) is 9.24. The van der Waals surface area contributed by atoms with Gasteiger partial charge in [-0.05, 0) is 25.5 Å². The Kier molecular flexibility index (Phi) is 13.1. The first-order valence-electron chi connectivity index (χ1n) is 12.7. The molecule has 2 unspecified atom stereocenters. The number of aliphatic hydroxyl groups excluding tert-OH is 1. The molecule has 250 valence electrons. The molecule has 20 heteroatoms. The lowest BCUT2D eigenvalue weighted by molar-refractivity contribution is -0.193. The van der Waals surface area contributed by atoms with Gasteiger partial charge in [0.15, 0.2) is 11.5 Å². The third-order valence-corrected chi connectivity index (χ3v) is 6.54. The van der Waals surface area contributed by atoms with Crippen LogP contribution in [-0.4, -0.2) is 104 Å². The number of hydrogen-bond acceptors (Lipinski definition) is 10. The van der Waals surface area contributed by atoms with Crippen molar-refractivity contribution in [2.75, 3.05) is 45.3 Å². The van der Waals surface area contributed by atoms with E-state index in [2.05, 4.69) is 30.2 Å². The number of aliphatic carboxylic acids is 2. The Morgan fingerprint density at radius 2 is 1.67 bits per heavy atom. The van der Waals surface area contributed by atoms with Crippen LogP contribution in [-0.2, 0) is 14.3 Å². The van der Waals surface area contributed by atoms with Crippen molar-refractivity contribution >= 4 is 40.5 Å². The number of carboxylic acids is 2. The molecular weight excluding hydrogens is 646 g/mol. The van der Waals surface area contributed by atoms with E-state index in [1.165, 1.54) is 6.33 Å². The average molecular weight is 675 g/mol. The standard InChI is InChI=1S/C21H27ClN6O3.2C2HF3O2/c1-12-15(22)8-14(13(2)27-21-18-20(24-10-23-18)25-11-26-21)19(30-3)17(12)16(29)9-28-4-6-31-7-5-28;2*3-2(4,5)1(6)7/h8,10-11,13,16,29H,4-7,9H2,1-3H3,(H2,23,24,25,26,27);2*(H,6,7). The number of halogens is 7. The summed E-state index contributed by atoms with van der Waals surface area (Å²) in [5.74, 6) is -4.29. The monoisotopic (exact) mass is 674 g/mol. The number of methoxy groups -OCH3 is 1. The first kappa shape index (κ1) is 37.2. The highest BCUT2D eigenvalue weighted by Crippen LogP contribution is 2.40. The molecular formula is C25H29ClF6N6O7. The molecule has 1 saturated heterocycles. The minimum Gasteiger partial charge on any atom is -0.496 e. The molecule has 0 saturated carbocycles. The molecule has 1 aromatic carbocycles. The van der Waals surface area contributed by atoms with Crippen LogP contribution >= 0.6 is 11.6 Å². The van der Waals surface area contributed by atoms with Gasteiger partial charge >= 0.3 is 24.3 Å². The van der Waals surface area contributed by atoms with E-state index in [-0.39, 0.29) is 6.04 Å². The van der Waals surface area contributed by atoms with E-state index in [1.807, 2.05) is 19.9 Å². The molecule has 4 rings (SSSR count). The van der Waals surface area contributed by atoms with Crippen LogP contribution < -0.4 is 10.1 Å². The third-order valence-electron chi connectivity index (χ3n) is 6.15. The molecule has 1 aliphatic heterocycles. The van der Waals surface area contributed by atoms with E-state index in [9.17, 15) is 31.4 Å². The molecule has 2 atom stereocenters. The highest BCUT2D eigenvalue weighted by molar-refractivity contribution is 6.31. The molecule has 13 nitrogen and oxygen atoms in total. The largest absolute Gasteiger partial charge is 0.496 e. The predicted octanol–water partition coefficient (Wildman–Crippen LogP) is 4.13. The number of imidazole rings is 1. The van der Waals surface area contributed by atoms with Crippen molar-refractivity contribution in [3.63, 3.8) is 0 Å². The van der Waals surface area contributed by atoms with Crippen molar-refractivity contribution in [3.8, 4) is 5.75 Å². The first-order chi connectivity index (χ1) is 20.9. The fourth-order valence-corrected chi connectivity index (χ4v) is 4.21. The number of benzene rings is 1. The molecule has 0 spiro atoms. The van der Waals surface area contributed by atoms with Crippen LogP contribution in [0.2, 0.25) is 5.02 Å². The average Bonchev–Trinajstić information content (AvgIpc) is 3.44. The van der Waals surface area contributed by atoms with E-state index in [1.54, 1.807) is 13.4 Å². The second-order valence-corrected chi connectivity index (χ2v) is 9.65. The van der Waals surface area contributed by atoms with Gasteiger partial charge in [-0.2, -0.15) is 26.3 Å². The number of carbonyl (C=O) groups is 2. The zero-order chi connectivity index (χ0) is 34.1. The minimum absolute atomic E-state index is 0.211. The highest BCUT2D eigenvalue weighted by Gasteiger charge is 2.39. The number of nitrogens with zero attached hydrogens (tertiary/aromatic N) is 4. The molecule has 0 bridgehead atoms. The quantitative estimate of drug-likeness (QED) is 0.226. The van der Waals surface area contributed by atoms with Crippen molar-refractivity contribution < 1.29 is 60.7 Å². The topological polar surface area (TPSA) is 183 Å². The van der Waals surface area contributed by atoms with Gasteiger partial charge in [0, 0.05) is 35.8 Å². The smallest absolute Gasteiger partial charge is 0.490 e. The number of ether oxygens (including phenoxy) is 2. The Labute approximate surface area is 256 Å². The van der Waals surface area contributed by atoms with E-state index in [4.69, 9.17) is 40.9 Å². The maximum Gasteiger partial charge on any atom is 0.490 e. The summed E-state index contributed by atoms with van der Waals surface area (Å²) >= 11 is 6.59. The number of aliphatic hydroxyl groups is 1. The van der Waals surface area contributed by atoms with Crippen LogP contribution in [0.5, 0.6) is 5.75 Å². The van der Waals surface area contributed by atoms with Gasteiger partial charge < -0.3 is 35.1 Å². The summed E-state index contributed by atoms with van der Waals surface area (Å²) in [5.41, 5.74) is 3.65. The van der Waals surface area contributed by atoms with E-state index in [0.29, 0.717) is 53.1 Å². The van der Waals surface area contributed by atoms with Gasteiger partial charge in [-0.1, -0.05) is 11.6 Å². The molecule has 0 amide bonds. The number of nitrogens with one attached hydrogen (secondary N) is 2. The number of hydrogen-bond donors (Lipinski definition) is 5. The summed E-state index contributed by atoms with van der Waals surface area (Å²) in [7, 11) is 1.61. The SMILES string of the molecule is COc1c(C(C)Nc2ncnc3[nH]cnc23)cc(Cl)c(C)c1C(O)CN1CCOCC1.O=C(O)C(F)(F)F.O=C(O)C(F)(F)F. The van der Waals surface area contributed by atoms with Crippen LogP contribution in [0.1, 0.15) is 35.8 Å². The van der Waals surface area contributed by atoms with Gasteiger partial charge in [0.25, 0.3) is 0 Å². The predicted molar refractivity (Wildman–Crippen MR) is 146 cm³/mol. The summed E-state index contributed by atoms with van der Waals surface area (Å²) < 4.78 is 74.7. The van der Waals surface area contributed by atoms with Gasteiger partial charge in [-0.3, -0.25) is 4.90 Å². The number of carboxylic acid groups (broad SMARTS) is 2. The number of β-amino-alcohol motifs (C(OH)–C–C–N with tert-alkyl or cyclic N) is 1. The van der Waals surface area contributed by atoms with Crippen LogP contribution in [0.25, 0.3) is 11.2 Å². The van der Waals surface area contributed by atoms with Gasteiger partial charge in [-0.15, -0.1) is 0 Å². The molecule has 0 aliphatic carbocycles. The van der Waals surface area contributed by atoms with E-state index >= 15 is 0 Å². The molecule has 0 radical (unpaired) electrons. The van der Waals surface area contributed by atoms with Crippen LogP contribution in [0.4, 0.5) is 32.2 Å². The zero-order valence-electron chi connectivity index (χ0n) is 23.8. The summed E-state index contributed by atoms with van der Waals surface area (Å²) in [4.78, 5) is 35.8. The molecule has 45 heavy (non-hydrogen) atoms. The summed E-state index contributed by atoms with van der Waals surface area (Å²) in [6, 6.07) is 1.67. The lowest BCUT2D eigenvalue weighted by Gasteiger charge is -2.30. The maximum atomic E-state index is 11.1.